The Hall–Kier alpha value is -1.13. The highest BCUT2D eigenvalue weighted by Gasteiger charge is 2.32. The maximum absolute atomic E-state index is 14.2. The molecule has 1 atom stereocenters. The predicted molar refractivity (Wildman–Crippen MR) is 74.3 cm³/mol. The van der Waals surface area contributed by atoms with Gasteiger partial charge in [0.05, 0.1) is 27.2 Å². The predicted octanol–water partition coefficient (Wildman–Crippen LogP) is 2.08. The minimum absolute atomic E-state index is 0.0422. The molecule has 1 aromatic rings. The lowest BCUT2D eigenvalue weighted by Gasteiger charge is -2.26. The molecule has 4 nitrogen and oxygen atoms in total. The van der Waals surface area contributed by atoms with Gasteiger partial charge in [-0.3, -0.25) is 0 Å². The smallest absolute Gasteiger partial charge is 0.161 e. The summed E-state index contributed by atoms with van der Waals surface area (Å²) in [5, 5.41) is 8.81. The number of halogens is 2. The third kappa shape index (κ3) is 2.74. The lowest BCUT2D eigenvalue weighted by atomic mass is 10.1. The Balaban J connectivity index is 2.33. The Kier molecular flexibility index (Phi) is 3.83. The summed E-state index contributed by atoms with van der Waals surface area (Å²) < 4.78 is 37.2. The van der Waals surface area contributed by atoms with E-state index < -0.39 is 15.7 Å². The van der Waals surface area contributed by atoms with Gasteiger partial charge < -0.3 is 4.90 Å². The zero-order chi connectivity index (χ0) is 14.2. The molecule has 0 amide bonds. The summed E-state index contributed by atoms with van der Waals surface area (Å²) in [7, 11) is -1.34. The van der Waals surface area contributed by atoms with Crippen molar-refractivity contribution in [3.8, 4) is 6.07 Å². The lowest BCUT2D eigenvalue weighted by Crippen LogP contribution is -2.33. The van der Waals surface area contributed by atoms with Crippen LogP contribution in [0.15, 0.2) is 16.6 Å². The second-order valence-corrected chi connectivity index (χ2v) is 7.56. The average molecular weight is 347 g/mol. The van der Waals surface area contributed by atoms with Gasteiger partial charge in [-0.15, -0.1) is 0 Å². The van der Waals surface area contributed by atoms with E-state index in [2.05, 4.69) is 15.9 Å². The van der Waals surface area contributed by atoms with Crippen LogP contribution in [0.2, 0.25) is 0 Å². The molecule has 0 aliphatic carbocycles. The van der Waals surface area contributed by atoms with Gasteiger partial charge in [-0.1, -0.05) is 0 Å². The van der Waals surface area contributed by atoms with Crippen LogP contribution >= 0.6 is 15.9 Å². The molecule has 0 aromatic heterocycles. The van der Waals surface area contributed by atoms with Gasteiger partial charge in [0.25, 0.3) is 0 Å². The van der Waals surface area contributed by atoms with Crippen molar-refractivity contribution in [2.75, 3.05) is 23.5 Å². The summed E-state index contributed by atoms with van der Waals surface area (Å²) in [6, 6.07) is 4.68. The van der Waals surface area contributed by atoms with Crippen molar-refractivity contribution < 1.29 is 12.8 Å². The van der Waals surface area contributed by atoms with E-state index in [4.69, 9.17) is 5.26 Å². The number of anilines is 1. The quantitative estimate of drug-likeness (QED) is 0.822. The fourth-order valence-corrected chi connectivity index (χ4v) is 4.37. The van der Waals surface area contributed by atoms with Crippen LogP contribution in [0.5, 0.6) is 0 Å². The molecular formula is C12H12BrFN2O2S. The largest absolute Gasteiger partial charge is 0.368 e. The van der Waals surface area contributed by atoms with Crippen LogP contribution in [0.25, 0.3) is 0 Å². The average Bonchev–Trinajstić information content (AvgIpc) is 2.72. The monoisotopic (exact) mass is 346 g/mol. The van der Waals surface area contributed by atoms with Gasteiger partial charge in [0, 0.05) is 13.1 Å². The first-order valence-corrected chi connectivity index (χ1v) is 8.28. The first kappa shape index (κ1) is 14.3. The molecule has 7 heteroatoms. The lowest BCUT2D eigenvalue weighted by molar-refractivity contribution is 0.594. The van der Waals surface area contributed by atoms with Crippen LogP contribution in [0.1, 0.15) is 12.0 Å². The maximum atomic E-state index is 14.2. The van der Waals surface area contributed by atoms with Crippen LogP contribution in [0, 0.1) is 17.1 Å². The Bertz CT molecular complexity index is 654. The Labute approximate surface area is 119 Å². The fraction of sp³-hybridized carbons (Fsp3) is 0.417. The second kappa shape index (κ2) is 5.10. The highest BCUT2D eigenvalue weighted by molar-refractivity contribution is 9.10. The standard InChI is InChI=1S/C12H12BrFN2O2S/c1-16(9-4-5-19(17,18)7-9)10-3-2-8(6-15)11(13)12(10)14/h2-3,9H,4-5,7H2,1H3. The first-order chi connectivity index (χ1) is 8.85. The van der Waals surface area contributed by atoms with Crippen molar-refractivity contribution >= 4 is 31.5 Å². The van der Waals surface area contributed by atoms with Crippen molar-refractivity contribution in [1.29, 1.82) is 5.26 Å². The summed E-state index contributed by atoms with van der Waals surface area (Å²) in [6.45, 7) is 0. The van der Waals surface area contributed by atoms with Gasteiger partial charge >= 0.3 is 0 Å². The van der Waals surface area contributed by atoms with Crippen LogP contribution in [0.3, 0.4) is 0 Å². The molecule has 0 bridgehead atoms. The SMILES string of the molecule is CN(c1ccc(C#N)c(Br)c1F)C1CCS(=O)(=O)C1. The Morgan fingerprint density at radius 3 is 2.74 bits per heavy atom. The van der Waals surface area contributed by atoms with E-state index in [0.29, 0.717) is 12.1 Å². The van der Waals surface area contributed by atoms with Crippen LogP contribution in [0.4, 0.5) is 10.1 Å². The summed E-state index contributed by atoms with van der Waals surface area (Å²) in [5.74, 6) is -0.354. The number of nitriles is 1. The molecule has 19 heavy (non-hydrogen) atoms. The molecule has 1 heterocycles. The molecule has 0 radical (unpaired) electrons. The van der Waals surface area contributed by atoms with Crippen molar-refractivity contribution in [2.24, 2.45) is 0 Å². The fourth-order valence-electron chi connectivity index (χ4n) is 2.18. The number of benzene rings is 1. The number of sulfone groups is 1. The van der Waals surface area contributed by atoms with Crippen molar-refractivity contribution in [2.45, 2.75) is 12.5 Å². The molecule has 1 unspecified atom stereocenters. The summed E-state index contributed by atoms with van der Waals surface area (Å²) >= 11 is 3.05. The molecule has 0 spiro atoms. The minimum Gasteiger partial charge on any atom is -0.368 e. The third-order valence-corrected chi connectivity index (χ3v) is 5.84. The topological polar surface area (TPSA) is 61.2 Å². The van der Waals surface area contributed by atoms with E-state index in [1.54, 1.807) is 11.9 Å². The van der Waals surface area contributed by atoms with Crippen LogP contribution in [-0.4, -0.2) is 33.0 Å². The summed E-state index contributed by atoms with van der Waals surface area (Å²) in [6.07, 6.45) is 0.496. The zero-order valence-corrected chi connectivity index (χ0v) is 12.6. The van der Waals surface area contributed by atoms with Crippen molar-refractivity contribution in [1.82, 2.24) is 0 Å². The van der Waals surface area contributed by atoms with E-state index >= 15 is 0 Å². The molecule has 1 aliphatic heterocycles. The molecule has 1 saturated heterocycles. The van der Waals surface area contributed by atoms with Crippen molar-refractivity contribution in [3.63, 3.8) is 0 Å². The molecule has 2 rings (SSSR count). The van der Waals surface area contributed by atoms with Gasteiger partial charge in [-0.05, 0) is 34.5 Å². The van der Waals surface area contributed by atoms with Gasteiger partial charge in [-0.2, -0.15) is 5.26 Å². The van der Waals surface area contributed by atoms with E-state index in [1.165, 1.54) is 12.1 Å². The Morgan fingerprint density at radius 2 is 2.21 bits per heavy atom. The van der Waals surface area contributed by atoms with Gasteiger partial charge in [-0.25, -0.2) is 12.8 Å². The molecule has 1 aromatic carbocycles. The van der Waals surface area contributed by atoms with Crippen molar-refractivity contribution in [3.05, 3.63) is 28.0 Å². The first-order valence-electron chi connectivity index (χ1n) is 5.67. The van der Waals surface area contributed by atoms with Gasteiger partial charge in [0.15, 0.2) is 15.7 Å². The second-order valence-electron chi connectivity index (χ2n) is 4.54. The normalized spacial score (nSPS) is 21.1. The minimum atomic E-state index is -3.01. The van der Waals surface area contributed by atoms with Gasteiger partial charge in [0.2, 0.25) is 0 Å². The van der Waals surface area contributed by atoms with Gasteiger partial charge in [0.1, 0.15) is 6.07 Å². The number of hydrogen-bond donors (Lipinski definition) is 0. The highest BCUT2D eigenvalue weighted by Crippen LogP contribution is 2.31. The van der Waals surface area contributed by atoms with Crippen LogP contribution < -0.4 is 4.90 Å². The molecular weight excluding hydrogens is 335 g/mol. The van der Waals surface area contributed by atoms with E-state index in [0.717, 1.165) is 0 Å². The summed E-state index contributed by atoms with van der Waals surface area (Å²) in [5.41, 5.74) is 0.515. The molecule has 0 saturated carbocycles. The molecule has 0 N–H and O–H groups in total. The third-order valence-electron chi connectivity index (χ3n) is 3.32. The highest BCUT2D eigenvalue weighted by atomic mass is 79.9. The zero-order valence-electron chi connectivity index (χ0n) is 10.2. The molecule has 1 fully saturated rings. The number of rotatable bonds is 2. The molecule has 102 valence electrons. The Morgan fingerprint density at radius 1 is 1.53 bits per heavy atom. The van der Waals surface area contributed by atoms with Crippen LogP contribution in [-0.2, 0) is 9.84 Å². The maximum Gasteiger partial charge on any atom is 0.161 e. The van der Waals surface area contributed by atoms with E-state index in [-0.39, 0.29) is 27.6 Å². The number of nitrogens with zero attached hydrogens (tertiary/aromatic N) is 2. The number of hydrogen-bond acceptors (Lipinski definition) is 4. The summed E-state index contributed by atoms with van der Waals surface area (Å²) in [4.78, 5) is 1.63. The van der Waals surface area contributed by atoms with E-state index in [9.17, 15) is 12.8 Å². The molecule has 1 aliphatic rings. The van der Waals surface area contributed by atoms with E-state index in [1.807, 2.05) is 6.07 Å².